The second-order valence-electron chi connectivity index (χ2n) is 4.94. The number of carbonyl (C=O) groups excluding carboxylic acids is 1. The molecule has 0 aromatic heterocycles. The fraction of sp³-hybridized carbons (Fsp3) is 0.846. The number of piperidine rings is 1. The predicted molar refractivity (Wildman–Crippen MR) is 70.8 cm³/mol. The molecule has 0 radical (unpaired) electrons. The highest BCUT2D eigenvalue weighted by molar-refractivity contribution is 5.79. The third-order valence-corrected chi connectivity index (χ3v) is 3.64. The predicted octanol–water partition coefficient (Wildman–Crippen LogP) is 0.0139. The van der Waals surface area contributed by atoms with Gasteiger partial charge in [-0.05, 0) is 25.8 Å². The molecule has 0 aromatic carbocycles. The molecule has 19 heavy (non-hydrogen) atoms. The number of hydrogen-bond donors (Lipinski definition) is 2. The molecule has 1 saturated heterocycles. The van der Waals surface area contributed by atoms with E-state index >= 15 is 0 Å². The van der Waals surface area contributed by atoms with Crippen molar-refractivity contribution in [3.05, 3.63) is 0 Å². The first kappa shape index (κ1) is 15.9. The van der Waals surface area contributed by atoms with Crippen molar-refractivity contribution in [1.82, 2.24) is 9.80 Å². The molecule has 6 nitrogen and oxygen atoms in total. The maximum atomic E-state index is 12.1. The van der Waals surface area contributed by atoms with Crippen LogP contribution in [-0.2, 0) is 9.59 Å². The Bertz CT molecular complexity index is 301. The molecule has 1 fully saturated rings. The van der Waals surface area contributed by atoms with Crippen LogP contribution in [-0.4, -0.2) is 71.2 Å². The van der Waals surface area contributed by atoms with Crippen LogP contribution in [0, 0.1) is 5.92 Å². The monoisotopic (exact) mass is 272 g/mol. The topological polar surface area (TPSA) is 81.1 Å². The molecule has 1 rings (SSSR count). The van der Waals surface area contributed by atoms with Crippen LogP contribution >= 0.6 is 0 Å². The van der Waals surface area contributed by atoms with Gasteiger partial charge in [0.1, 0.15) is 0 Å². The van der Waals surface area contributed by atoms with Gasteiger partial charge in [0.05, 0.1) is 12.5 Å². The fourth-order valence-corrected chi connectivity index (χ4v) is 2.31. The molecule has 1 heterocycles. The van der Waals surface area contributed by atoms with Gasteiger partial charge in [0, 0.05) is 26.2 Å². The number of nitrogens with zero attached hydrogens (tertiary/aromatic N) is 2. The Hall–Kier alpha value is -1.14. The first-order chi connectivity index (χ1) is 9.08. The number of carbonyl (C=O) groups is 2. The summed E-state index contributed by atoms with van der Waals surface area (Å²) in [7, 11) is 0. The Morgan fingerprint density at radius 3 is 2.42 bits per heavy atom. The fourth-order valence-electron chi connectivity index (χ4n) is 2.31. The van der Waals surface area contributed by atoms with Crippen LogP contribution in [0.3, 0.4) is 0 Å². The molecule has 0 spiro atoms. The number of hydrogen-bond acceptors (Lipinski definition) is 4. The van der Waals surface area contributed by atoms with E-state index in [-0.39, 0.29) is 18.4 Å². The van der Waals surface area contributed by atoms with Crippen LogP contribution in [0.4, 0.5) is 0 Å². The van der Waals surface area contributed by atoms with Gasteiger partial charge in [-0.2, -0.15) is 0 Å². The second-order valence-corrected chi connectivity index (χ2v) is 4.94. The van der Waals surface area contributed by atoms with Crippen molar-refractivity contribution in [3.63, 3.8) is 0 Å². The number of aliphatic hydroxyl groups excluding tert-OH is 1. The molecule has 0 saturated carbocycles. The van der Waals surface area contributed by atoms with Gasteiger partial charge in [0.2, 0.25) is 5.91 Å². The lowest BCUT2D eigenvalue weighted by Crippen LogP contribution is -2.45. The van der Waals surface area contributed by atoms with Crippen LogP contribution in [0.15, 0.2) is 0 Å². The van der Waals surface area contributed by atoms with Crippen molar-refractivity contribution < 1.29 is 19.8 Å². The van der Waals surface area contributed by atoms with E-state index in [4.69, 9.17) is 10.2 Å². The summed E-state index contributed by atoms with van der Waals surface area (Å²) in [6, 6.07) is 0. The second kappa shape index (κ2) is 8.12. The molecule has 1 amide bonds. The molecule has 1 aliphatic rings. The number of likely N-dealkylation sites (N-methyl/N-ethyl adjacent to an activating group) is 1. The first-order valence-electron chi connectivity index (χ1n) is 6.92. The summed E-state index contributed by atoms with van der Waals surface area (Å²) in [5, 5.41) is 17.7. The molecule has 0 atom stereocenters. The van der Waals surface area contributed by atoms with Crippen LogP contribution in [0.1, 0.15) is 26.2 Å². The van der Waals surface area contributed by atoms with E-state index in [1.54, 1.807) is 4.90 Å². The van der Waals surface area contributed by atoms with Gasteiger partial charge < -0.3 is 15.1 Å². The molecule has 0 aromatic rings. The van der Waals surface area contributed by atoms with Gasteiger partial charge in [-0.1, -0.05) is 6.92 Å². The lowest BCUT2D eigenvalue weighted by Gasteiger charge is -2.32. The zero-order valence-corrected chi connectivity index (χ0v) is 11.5. The van der Waals surface area contributed by atoms with Gasteiger partial charge in [-0.3, -0.25) is 14.5 Å². The van der Waals surface area contributed by atoms with E-state index in [1.807, 2.05) is 11.8 Å². The van der Waals surface area contributed by atoms with Crippen molar-refractivity contribution in [1.29, 1.82) is 0 Å². The minimum absolute atomic E-state index is 0.0589. The molecule has 2 N–H and O–H groups in total. The van der Waals surface area contributed by atoms with Gasteiger partial charge >= 0.3 is 5.97 Å². The van der Waals surface area contributed by atoms with Gasteiger partial charge in [0.15, 0.2) is 0 Å². The summed E-state index contributed by atoms with van der Waals surface area (Å²) in [4.78, 5) is 26.7. The lowest BCUT2D eigenvalue weighted by atomic mass is 9.97. The minimum atomic E-state index is -0.759. The molecular formula is C13H24N2O4. The van der Waals surface area contributed by atoms with Crippen molar-refractivity contribution in [2.24, 2.45) is 5.92 Å². The Kier molecular flexibility index (Phi) is 6.80. The summed E-state index contributed by atoms with van der Waals surface area (Å²) in [5.41, 5.74) is 0. The summed E-state index contributed by atoms with van der Waals surface area (Å²) in [6.45, 7) is 5.03. The van der Waals surface area contributed by atoms with Crippen molar-refractivity contribution in [2.45, 2.75) is 26.2 Å². The van der Waals surface area contributed by atoms with E-state index in [1.165, 1.54) is 0 Å². The molecule has 0 bridgehead atoms. The number of rotatable bonds is 7. The summed E-state index contributed by atoms with van der Waals surface area (Å²) in [6.07, 6.45) is 1.76. The van der Waals surface area contributed by atoms with Crippen molar-refractivity contribution in [3.8, 4) is 0 Å². The first-order valence-corrected chi connectivity index (χ1v) is 6.92. The number of carboxylic acid groups (broad SMARTS) is 1. The number of aliphatic hydroxyl groups is 1. The summed E-state index contributed by atoms with van der Waals surface area (Å²) < 4.78 is 0. The van der Waals surface area contributed by atoms with E-state index in [2.05, 4.69) is 0 Å². The largest absolute Gasteiger partial charge is 0.481 e. The van der Waals surface area contributed by atoms with E-state index in [0.717, 1.165) is 6.54 Å². The Morgan fingerprint density at radius 2 is 1.95 bits per heavy atom. The Labute approximate surface area is 114 Å². The molecule has 0 unspecified atom stereocenters. The molecule has 6 heteroatoms. The van der Waals surface area contributed by atoms with Crippen LogP contribution in [0.2, 0.25) is 0 Å². The summed E-state index contributed by atoms with van der Waals surface area (Å²) >= 11 is 0. The van der Waals surface area contributed by atoms with Gasteiger partial charge in [-0.15, -0.1) is 0 Å². The highest BCUT2D eigenvalue weighted by Gasteiger charge is 2.27. The maximum absolute atomic E-state index is 12.1. The van der Waals surface area contributed by atoms with Crippen LogP contribution in [0.5, 0.6) is 0 Å². The molecular weight excluding hydrogens is 248 g/mol. The van der Waals surface area contributed by atoms with Crippen LogP contribution < -0.4 is 0 Å². The highest BCUT2D eigenvalue weighted by Crippen LogP contribution is 2.17. The number of likely N-dealkylation sites (tertiary alicyclic amines) is 1. The Balaban J connectivity index is 2.35. The number of aliphatic carboxylic acids is 1. The maximum Gasteiger partial charge on any atom is 0.306 e. The normalized spacial score (nSPS) is 16.9. The van der Waals surface area contributed by atoms with Crippen molar-refractivity contribution >= 4 is 11.9 Å². The third kappa shape index (κ3) is 5.16. The van der Waals surface area contributed by atoms with Gasteiger partial charge in [-0.25, -0.2) is 0 Å². The zero-order valence-electron chi connectivity index (χ0n) is 11.5. The average molecular weight is 272 g/mol. The van der Waals surface area contributed by atoms with Gasteiger partial charge in [0.25, 0.3) is 0 Å². The average Bonchev–Trinajstić information content (AvgIpc) is 2.43. The lowest BCUT2D eigenvalue weighted by molar-refractivity contribution is -0.146. The molecule has 1 aliphatic heterocycles. The quantitative estimate of drug-likeness (QED) is 0.682. The number of carboxylic acids is 1. The third-order valence-electron chi connectivity index (χ3n) is 3.64. The van der Waals surface area contributed by atoms with Crippen molar-refractivity contribution in [2.75, 3.05) is 39.3 Å². The smallest absolute Gasteiger partial charge is 0.306 e. The highest BCUT2D eigenvalue weighted by atomic mass is 16.4. The molecule has 0 aliphatic carbocycles. The van der Waals surface area contributed by atoms with Crippen LogP contribution in [0.25, 0.3) is 0 Å². The standard InChI is InChI=1S/C13H24N2O4/c1-2-14(6-3-9-16)10-12(17)15-7-4-11(5-8-15)13(18)19/h11,16H,2-10H2,1H3,(H,18,19). The van der Waals surface area contributed by atoms with E-state index in [9.17, 15) is 9.59 Å². The zero-order chi connectivity index (χ0) is 14.3. The minimum Gasteiger partial charge on any atom is -0.481 e. The van der Waals surface area contributed by atoms with E-state index in [0.29, 0.717) is 45.4 Å². The number of amides is 1. The van der Waals surface area contributed by atoms with E-state index < -0.39 is 5.97 Å². The molecule has 110 valence electrons. The summed E-state index contributed by atoms with van der Waals surface area (Å²) in [5.74, 6) is -1.01. The Morgan fingerprint density at radius 1 is 1.32 bits per heavy atom. The SMILES string of the molecule is CCN(CCCO)CC(=O)N1CCC(C(=O)O)CC1.